The minimum atomic E-state index is -0.325. The maximum absolute atomic E-state index is 13.2. The Bertz CT molecular complexity index is 1210. The quantitative estimate of drug-likeness (QED) is 0.480. The highest BCUT2D eigenvalue weighted by atomic mass is 16.5. The molecule has 0 aliphatic rings. The van der Waals surface area contributed by atoms with Crippen LogP contribution in [0.25, 0.3) is 16.9 Å². The summed E-state index contributed by atoms with van der Waals surface area (Å²) in [6, 6.07) is 18.4. The Morgan fingerprint density at radius 1 is 0.969 bits per heavy atom. The molecule has 0 aliphatic heterocycles. The predicted octanol–water partition coefficient (Wildman–Crippen LogP) is 3.84. The fourth-order valence-electron chi connectivity index (χ4n) is 3.37. The SMILES string of the molecule is COc1ccc(C(C)NC(=O)c2nnn(-c3cccc(OC)c3)c2-c2ccncc2)cc1. The molecule has 2 aromatic heterocycles. The van der Waals surface area contributed by atoms with Gasteiger partial charge in [-0.05, 0) is 48.9 Å². The number of aromatic nitrogens is 4. The molecule has 0 aliphatic carbocycles. The van der Waals surface area contributed by atoms with Gasteiger partial charge in [-0.2, -0.15) is 0 Å². The molecule has 1 unspecified atom stereocenters. The molecule has 1 atom stereocenters. The molecule has 0 saturated heterocycles. The van der Waals surface area contributed by atoms with Crippen molar-refractivity contribution < 1.29 is 14.3 Å². The van der Waals surface area contributed by atoms with E-state index in [1.54, 1.807) is 31.3 Å². The van der Waals surface area contributed by atoms with Gasteiger partial charge in [0.25, 0.3) is 5.91 Å². The second-order valence-corrected chi connectivity index (χ2v) is 7.10. The number of pyridine rings is 1. The third-order valence-corrected chi connectivity index (χ3v) is 5.10. The number of carbonyl (C=O) groups is 1. The summed E-state index contributed by atoms with van der Waals surface area (Å²) in [6.45, 7) is 1.91. The van der Waals surface area contributed by atoms with Crippen LogP contribution in [0.3, 0.4) is 0 Å². The number of ether oxygens (including phenoxy) is 2. The summed E-state index contributed by atoms with van der Waals surface area (Å²) in [4.78, 5) is 17.3. The molecule has 1 amide bonds. The Morgan fingerprint density at radius 3 is 2.38 bits per heavy atom. The largest absolute Gasteiger partial charge is 0.497 e. The lowest BCUT2D eigenvalue weighted by Crippen LogP contribution is -2.27. The summed E-state index contributed by atoms with van der Waals surface area (Å²) in [5.74, 6) is 1.11. The van der Waals surface area contributed by atoms with E-state index in [4.69, 9.17) is 9.47 Å². The molecule has 32 heavy (non-hydrogen) atoms. The number of nitrogens with one attached hydrogen (secondary N) is 1. The molecule has 0 saturated carbocycles. The zero-order valence-electron chi connectivity index (χ0n) is 18.0. The topological polar surface area (TPSA) is 91.2 Å². The van der Waals surface area contributed by atoms with Crippen LogP contribution in [0, 0.1) is 0 Å². The van der Waals surface area contributed by atoms with E-state index in [0.29, 0.717) is 11.4 Å². The van der Waals surface area contributed by atoms with Crippen LogP contribution in [-0.2, 0) is 0 Å². The van der Waals surface area contributed by atoms with Crippen molar-refractivity contribution in [2.75, 3.05) is 14.2 Å². The summed E-state index contributed by atoms with van der Waals surface area (Å²) in [6.07, 6.45) is 3.33. The van der Waals surface area contributed by atoms with Crippen molar-refractivity contribution in [1.29, 1.82) is 0 Å². The third kappa shape index (κ3) is 4.29. The Kier molecular flexibility index (Phi) is 6.12. The van der Waals surface area contributed by atoms with Gasteiger partial charge >= 0.3 is 0 Å². The maximum atomic E-state index is 13.2. The van der Waals surface area contributed by atoms with Gasteiger partial charge in [0.05, 0.1) is 25.9 Å². The van der Waals surface area contributed by atoms with Crippen molar-refractivity contribution in [3.05, 3.63) is 84.3 Å². The molecule has 8 nitrogen and oxygen atoms in total. The van der Waals surface area contributed by atoms with E-state index < -0.39 is 0 Å². The first-order valence-electron chi connectivity index (χ1n) is 10.1. The zero-order chi connectivity index (χ0) is 22.5. The van der Waals surface area contributed by atoms with Crippen LogP contribution in [0.15, 0.2) is 73.1 Å². The van der Waals surface area contributed by atoms with Crippen LogP contribution >= 0.6 is 0 Å². The molecule has 0 spiro atoms. The van der Waals surface area contributed by atoms with E-state index >= 15 is 0 Å². The molecule has 0 bridgehead atoms. The monoisotopic (exact) mass is 429 g/mol. The maximum Gasteiger partial charge on any atom is 0.274 e. The number of amides is 1. The Labute approximate surface area is 185 Å². The van der Waals surface area contributed by atoms with Gasteiger partial charge in [-0.25, -0.2) is 4.68 Å². The first kappa shape index (κ1) is 21.0. The highest BCUT2D eigenvalue weighted by Crippen LogP contribution is 2.27. The summed E-state index contributed by atoms with van der Waals surface area (Å²) in [5.41, 5.74) is 3.24. The molecule has 2 heterocycles. The third-order valence-electron chi connectivity index (χ3n) is 5.10. The van der Waals surface area contributed by atoms with Crippen molar-refractivity contribution in [3.63, 3.8) is 0 Å². The Hall–Kier alpha value is -4.20. The molecule has 0 radical (unpaired) electrons. The number of benzene rings is 2. The number of rotatable bonds is 7. The summed E-state index contributed by atoms with van der Waals surface area (Å²) < 4.78 is 12.2. The predicted molar refractivity (Wildman–Crippen MR) is 120 cm³/mol. The number of carbonyl (C=O) groups excluding carboxylic acids is 1. The fraction of sp³-hybridized carbons (Fsp3) is 0.167. The highest BCUT2D eigenvalue weighted by molar-refractivity contribution is 5.98. The van der Waals surface area contributed by atoms with E-state index in [2.05, 4.69) is 20.6 Å². The minimum absolute atomic E-state index is 0.222. The molecule has 1 N–H and O–H groups in total. The van der Waals surface area contributed by atoms with Crippen LogP contribution in [0.2, 0.25) is 0 Å². The normalized spacial score (nSPS) is 11.6. The van der Waals surface area contributed by atoms with Crippen molar-refractivity contribution in [2.24, 2.45) is 0 Å². The van der Waals surface area contributed by atoms with E-state index in [-0.39, 0.29) is 17.6 Å². The molecular formula is C24H23N5O3. The van der Waals surface area contributed by atoms with Crippen molar-refractivity contribution in [2.45, 2.75) is 13.0 Å². The van der Waals surface area contributed by atoms with E-state index in [1.165, 1.54) is 0 Å². The van der Waals surface area contributed by atoms with Gasteiger partial charge in [0.2, 0.25) is 0 Å². The molecule has 8 heteroatoms. The van der Waals surface area contributed by atoms with Crippen molar-refractivity contribution in [3.8, 4) is 28.4 Å². The highest BCUT2D eigenvalue weighted by Gasteiger charge is 2.23. The standard InChI is InChI=1S/C24H23N5O3/c1-16(17-7-9-20(31-2)10-8-17)26-24(30)22-23(18-11-13-25-14-12-18)29(28-27-22)19-5-4-6-21(15-19)32-3/h4-16H,1-3H3,(H,26,30). The molecule has 162 valence electrons. The van der Waals surface area contributed by atoms with Crippen molar-refractivity contribution in [1.82, 2.24) is 25.3 Å². The van der Waals surface area contributed by atoms with Crippen LogP contribution in [-0.4, -0.2) is 40.1 Å². The first-order chi connectivity index (χ1) is 15.6. The average molecular weight is 429 g/mol. The van der Waals surface area contributed by atoms with Gasteiger partial charge in [-0.15, -0.1) is 5.10 Å². The van der Waals surface area contributed by atoms with E-state index in [9.17, 15) is 4.79 Å². The zero-order valence-corrected chi connectivity index (χ0v) is 18.0. The first-order valence-corrected chi connectivity index (χ1v) is 10.1. The smallest absolute Gasteiger partial charge is 0.274 e. The van der Waals surface area contributed by atoms with Crippen molar-refractivity contribution >= 4 is 5.91 Å². The van der Waals surface area contributed by atoms with Gasteiger partial charge in [-0.3, -0.25) is 9.78 Å². The van der Waals surface area contributed by atoms with Gasteiger partial charge in [0.1, 0.15) is 17.2 Å². The summed E-state index contributed by atoms with van der Waals surface area (Å²) in [7, 11) is 3.22. The van der Waals surface area contributed by atoms with Crippen LogP contribution < -0.4 is 14.8 Å². The number of hydrogen-bond donors (Lipinski definition) is 1. The van der Waals surface area contributed by atoms with Gasteiger partial charge in [0, 0.05) is 24.0 Å². The second kappa shape index (κ2) is 9.30. The molecule has 4 rings (SSSR count). The van der Waals surface area contributed by atoms with Crippen LogP contribution in [0.1, 0.15) is 29.0 Å². The Morgan fingerprint density at radius 2 is 1.69 bits per heavy atom. The lowest BCUT2D eigenvalue weighted by Gasteiger charge is -2.15. The number of nitrogens with zero attached hydrogens (tertiary/aromatic N) is 4. The average Bonchev–Trinajstić information content (AvgIpc) is 3.30. The fourth-order valence-corrected chi connectivity index (χ4v) is 3.37. The Balaban J connectivity index is 1.70. The molecule has 4 aromatic rings. The molecule has 0 fully saturated rings. The second-order valence-electron chi connectivity index (χ2n) is 7.10. The van der Waals surface area contributed by atoms with Gasteiger partial charge in [-0.1, -0.05) is 23.4 Å². The number of methoxy groups -OCH3 is 2. The lowest BCUT2D eigenvalue weighted by molar-refractivity contribution is 0.0935. The van der Waals surface area contributed by atoms with Crippen LogP contribution in [0.5, 0.6) is 11.5 Å². The minimum Gasteiger partial charge on any atom is -0.497 e. The van der Waals surface area contributed by atoms with E-state index in [1.807, 2.05) is 67.6 Å². The summed E-state index contributed by atoms with van der Waals surface area (Å²) in [5, 5.41) is 11.5. The molecule has 2 aromatic carbocycles. The van der Waals surface area contributed by atoms with E-state index in [0.717, 1.165) is 22.6 Å². The van der Waals surface area contributed by atoms with Gasteiger partial charge in [0.15, 0.2) is 5.69 Å². The van der Waals surface area contributed by atoms with Crippen LogP contribution in [0.4, 0.5) is 0 Å². The van der Waals surface area contributed by atoms with Gasteiger partial charge < -0.3 is 14.8 Å². The lowest BCUT2D eigenvalue weighted by atomic mass is 10.1. The number of hydrogen-bond acceptors (Lipinski definition) is 6. The summed E-state index contributed by atoms with van der Waals surface area (Å²) >= 11 is 0. The molecular weight excluding hydrogens is 406 g/mol.